The number of nitrogens with one attached hydrogen (secondary N) is 1. The van der Waals surface area contributed by atoms with Gasteiger partial charge in [0.15, 0.2) is 0 Å². The molecule has 0 saturated carbocycles. The van der Waals surface area contributed by atoms with Crippen molar-refractivity contribution in [2.45, 2.75) is 11.3 Å². The standard InChI is InChI=1S/C14H19BrN2O2S/c15-11-2-3-12(13(20)10-11)14(18)16-4-1-5-17-6-8-19-9-7-17/h2-3,10,20H,1,4-9H2,(H,16,18). The van der Waals surface area contributed by atoms with E-state index in [1.807, 2.05) is 12.1 Å². The number of amides is 1. The zero-order chi connectivity index (χ0) is 14.4. The Bertz CT molecular complexity index is 464. The summed E-state index contributed by atoms with van der Waals surface area (Å²) in [5.74, 6) is -0.0653. The third kappa shape index (κ3) is 4.77. The number of hydrogen-bond donors (Lipinski definition) is 2. The summed E-state index contributed by atoms with van der Waals surface area (Å²) in [7, 11) is 0. The van der Waals surface area contributed by atoms with Gasteiger partial charge in [-0.05, 0) is 31.2 Å². The highest BCUT2D eigenvalue weighted by molar-refractivity contribution is 9.10. The Hall–Kier alpha value is -0.560. The molecule has 110 valence electrons. The van der Waals surface area contributed by atoms with Crippen molar-refractivity contribution in [1.82, 2.24) is 10.2 Å². The molecule has 1 aliphatic heterocycles. The summed E-state index contributed by atoms with van der Waals surface area (Å²) in [5.41, 5.74) is 0.614. The van der Waals surface area contributed by atoms with Gasteiger partial charge in [-0.25, -0.2) is 0 Å². The molecule has 1 fully saturated rings. The Morgan fingerprint density at radius 1 is 1.40 bits per heavy atom. The number of halogens is 1. The van der Waals surface area contributed by atoms with E-state index in [-0.39, 0.29) is 5.91 Å². The fourth-order valence-electron chi connectivity index (χ4n) is 2.12. The van der Waals surface area contributed by atoms with Gasteiger partial charge in [-0.15, -0.1) is 12.6 Å². The van der Waals surface area contributed by atoms with Crippen LogP contribution >= 0.6 is 28.6 Å². The van der Waals surface area contributed by atoms with Crippen molar-refractivity contribution in [2.75, 3.05) is 39.4 Å². The normalized spacial score (nSPS) is 16.1. The van der Waals surface area contributed by atoms with Gasteiger partial charge in [0.25, 0.3) is 5.91 Å². The number of thiol groups is 1. The fourth-order valence-corrected chi connectivity index (χ4v) is 2.97. The van der Waals surface area contributed by atoms with Crippen molar-refractivity contribution in [3.05, 3.63) is 28.2 Å². The molecule has 2 rings (SSSR count). The maximum atomic E-state index is 12.0. The average Bonchev–Trinajstić information content (AvgIpc) is 2.44. The monoisotopic (exact) mass is 358 g/mol. The van der Waals surface area contributed by atoms with Crippen LogP contribution in [-0.4, -0.2) is 50.2 Å². The average molecular weight is 359 g/mol. The van der Waals surface area contributed by atoms with Crippen LogP contribution in [0.15, 0.2) is 27.6 Å². The van der Waals surface area contributed by atoms with Gasteiger partial charge < -0.3 is 10.1 Å². The molecular weight excluding hydrogens is 340 g/mol. The van der Waals surface area contributed by atoms with Crippen LogP contribution in [0.1, 0.15) is 16.8 Å². The van der Waals surface area contributed by atoms with Crippen LogP contribution in [0.5, 0.6) is 0 Å². The summed E-state index contributed by atoms with van der Waals surface area (Å²) in [6, 6.07) is 5.46. The number of ether oxygens (including phenoxy) is 1. The number of benzene rings is 1. The Morgan fingerprint density at radius 3 is 2.85 bits per heavy atom. The molecule has 1 N–H and O–H groups in total. The SMILES string of the molecule is O=C(NCCCN1CCOCC1)c1ccc(Br)cc1S. The number of carbonyl (C=O) groups excluding carboxylic acids is 1. The van der Waals surface area contributed by atoms with Crippen molar-refractivity contribution in [1.29, 1.82) is 0 Å². The number of carbonyl (C=O) groups is 1. The first-order chi connectivity index (χ1) is 9.66. The van der Waals surface area contributed by atoms with E-state index in [2.05, 4.69) is 38.8 Å². The Labute approximate surface area is 133 Å². The lowest BCUT2D eigenvalue weighted by atomic mass is 10.2. The summed E-state index contributed by atoms with van der Waals surface area (Å²) in [6.07, 6.45) is 0.949. The van der Waals surface area contributed by atoms with Gasteiger partial charge in [0.05, 0.1) is 18.8 Å². The Balaban J connectivity index is 1.72. The number of morpholine rings is 1. The maximum absolute atomic E-state index is 12.0. The fraction of sp³-hybridized carbons (Fsp3) is 0.500. The lowest BCUT2D eigenvalue weighted by Crippen LogP contribution is -2.38. The van der Waals surface area contributed by atoms with Gasteiger partial charge in [-0.2, -0.15) is 0 Å². The predicted octanol–water partition coefficient (Wildman–Crippen LogP) is 2.19. The van der Waals surface area contributed by atoms with Crippen LogP contribution < -0.4 is 5.32 Å². The van der Waals surface area contributed by atoms with Crippen molar-refractivity contribution in [3.63, 3.8) is 0 Å². The largest absolute Gasteiger partial charge is 0.379 e. The van der Waals surface area contributed by atoms with Gasteiger partial charge in [-0.3, -0.25) is 9.69 Å². The van der Waals surface area contributed by atoms with E-state index in [1.165, 1.54) is 0 Å². The lowest BCUT2D eigenvalue weighted by Gasteiger charge is -2.26. The molecule has 0 radical (unpaired) electrons. The van der Waals surface area contributed by atoms with E-state index in [4.69, 9.17) is 4.74 Å². The number of nitrogens with zero attached hydrogens (tertiary/aromatic N) is 1. The second kappa shape index (κ2) is 8.02. The van der Waals surface area contributed by atoms with Crippen LogP contribution in [0.2, 0.25) is 0 Å². The van der Waals surface area contributed by atoms with Gasteiger partial charge in [-0.1, -0.05) is 15.9 Å². The van der Waals surface area contributed by atoms with Crippen LogP contribution in [-0.2, 0) is 4.74 Å². The summed E-state index contributed by atoms with van der Waals surface area (Å²) < 4.78 is 6.22. The summed E-state index contributed by atoms with van der Waals surface area (Å²) in [5, 5.41) is 2.94. The molecular formula is C14H19BrN2O2S. The summed E-state index contributed by atoms with van der Waals surface area (Å²) in [4.78, 5) is 15.1. The molecule has 1 aromatic carbocycles. The topological polar surface area (TPSA) is 41.6 Å². The zero-order valence-electron chi connectivity index (χ0n) is 11.3. The Kier molecular flexibility index (Phi) is 6.35. The minimum atomic E-state index is -0.0653. The van der Waals surface area contributed by atoms with E-state index < -0.39 is 0 Å². The first kappa shape index (κ1) is 15.8. The molecule has 1 aliphatic rings. The summed E-state index contributed by atoms with van der Waals surface area (Å²) in [6.45, 7) is 5.28. The van der Waals surface area contributed by atoms with Crippen molar-refractivity contribution in [3.8, 4) is 0 Å². The van der Waals surface area contributed by atoms with Crippen LogP contribution in [0.25, 0.3) is 0 Å². The first-order valence-electron chi connectivity index (χ1n) is 6.73. The quantitative estimate of drug-likeness (QED) is 0.626. The minimum absolute atomic E-state index is 0.0653. The van der Waals surface area contributed by atoms with E-state index in [0.29, 0.717) is 17.0 Å². The van der Waals surface area contributed by atoms with Crippen molar-refractivity contribution >= 4 is 34.5 Å². The molecule has 0 atom stereocenters. The molecule has 0 bridgehead atoms. The molecule has 1 amide bonds. The van der Waals surface area contributed by atoms with E-state index in [1.54, 1.807) is 6.07 Å². The van der Waals surface area contributed by atoms with Gasteiger partial charge >= 0.3 is 0 Å². The molecule has 4 nitrogen and oxygen atoms in total. The number of rotatable bonds is 5. The maximum Gasteiger partial charge on any atom is 0.252 e. The van der Waals surface area contributed by atoms with Crippen LogP contribution in [0.4, 0.5) is 0 Å². The lowest BCUT2D eigenvalue weighted by molar-refractivity contribution is 0.0374. The van der Waals surface area contributed by atoms with Crippen LogP contribution in [0.3, 0.4) is 0 Å². The van der Waals surface area contributed by atoms with E-state index in [9.17, 15) is 4.79 Å². The van der Waals surface area contributed by atoms with Crippen LogP contribution in [0, 0.1) is 0 Å². The number of hydrogen-bond acceptors (Lipinski definition) is 4. The highest BCUT2D eigenvalue weighted by Gasteiger charge is 2.11. The second-order valence-electron chi connectivity index (χ2n) is 4.72. The first-order valence-corrected chi connectivity index (χ1v) is 7.97. The van der Waals surface area contributed by atoms with Gasteiger partial charge in [0.1, 0.15) is 0 Å². The molecule has 1 heterocycles. The Morgan fingerprint density at radius 2 is 2.15 bits per heavy atom. The highest BCUT2D eigenvalue weighted by atomic mass is 79.9. The second-order valence-corrected chi connectivity index (χ2v) is 6.12. The van der Waals surface area contributed by atoms with E-state index in [0.717, 1.165) is 43.7 Å². The molecule has 0 aromatic heterocycles. The summed E-state index contributed by atoms with van der Waals surface area (Å²) >= 11 is 7.68. The molecule has 0 spiro atoms. The van der Waals surface area contributed by atoms with Gasteiger partial charge in [0, 0.05) is 29.0 Å². The van der Waals surface area contributed by atoms with Crippen molar-refractivity contribution < 1.29 is 9.53 Å². The molecule has 1 aromatic rings. The smallest absolute Gasteiger partial charge is 0.252 e. The zero-order valence-corrected chi connectivity index (χ0v) is 13.8. The molecule has 0 unspecified atom stereocenters. The molecule has 6 heteroatoms. The molecule has 1 saturated heterocycles. The third-order valence-corrected chi connectivity index (χ3v) is 4.11. The van der Waals surface area contributed by atoms with E-state index >= 15 is 0 Å². The highest BCUT2D eigenvalue weighted by Crippen LogP contribution is 2.19. The van der Waals surface area contributed by atoms with Gasteiger partial charge in [0.2, 0.25) is 0 Å². The predicted molar refractivity (Wildman–Crippen MR) is 85.6 cm³/mol. The van der Waals surface area contributed by atoms with Crippen molar-refractivity contribution in [2.24, 2.45) is 0 Å². The molecule has 20 heavy (non-hydrogen) atoms. The minimum Gasteiger partial charge on any atom is -0.379 e. The third-order valence-electron chi connectivity index (χ3n) is 3.24. The molecule has 0 aliphatic carbocycles.